The van der Waals surface area contributed by atoms with Crippen molar-refractivity contribution < 1.29 is 4.79 Å². The monoisotopic (exact) mass is 273 g/mol. The van der Waals surface area contributed by atoms with Crippen molar-refractivity contribution >= 4 is 12.0 Å². The number of carbonyl (C=O) groups is 1. The van der Waals surface area contributed by atoms with Crippen LogP contribution in [0, 0.1) is 0 Å². The Labute approximate surface area is 123 Å². The Morgan fingerprint density at radius 3 is 2.45 bits per heavy atom. The smallest absolute Gasteiger partial charge is 0.223 e. The Balaban J connectivity index is 2.70. The standard InChI is InChI=1S/C18H27NO/c1-5-6-12-18(20)19(15(2)3)14-16(4)13-17-10-8-7-9-11-17/h7-11,13,15H,5-6,12,14H2,1-4H3/b16-13+. The highest BCUT2D eigenvalue weighted by molar-refractivity contribution is 5.77. The average molecular weight is 273 g/mol. The van der Waals surface area contributed by atoms with Crippen molar-refractivity contribution in [1.82, 2.24) is 4.90 Å². The van der Waals surface area contributed by atoms with E-state index in [-0.39, 0.29) is 11.9 Å². The van der Waals surface area contributed by atoms with E-state index in [1.165, 1.54) is 11.1 Å². The average Bonchev–Trinajstić information content (AvgIpc) is 2.43. The quantitative estimate of drug-likeness (QED) is 0.715. The Kier molecular flexibility index (Phi) is 7.06. The van der Waals surface area contributed by atoms with Crippen LogP contribution in [0.15, 0.2) is 35.9 Å². The number of carbonyl (C=O) groups excluding carboxylic acids is 1. The fourth-order valence-corrected chi connectivity index (χ4v) is 2.18. The van der Waals surface area contributed by atoms with Gasteiger partial charge < -0.3 is 4.90 Å². The van der Waals surface area contributed by atoms with E-state index in [0.29, 0.717) is 6.42 Å². The summed E-state index contributed by atoms with van der Waals surface area (Å²) in [6.07, 6.45) is 4.86. The lowest BCUT2D eigenvalue weighted by molar-refractivity contribution is -0.132. The van der Waals surface area contributed by atoms with Crippen molar-refractivity contribution in [1.29, 1.82) is 0 Å². The van der Waals surface area contributed by atoms with Crippen molar-refractivity contribution in [2.75, 3.05) is 6.54 Å². The minimum absolute atomic E-state index is 0.249. The molecule has 0 N–H and O–H groups in total. The molecule has 1 amide bonds. The van der Waals surface area contributed by atoms with Crippen molar-refractivity contribution in [2.24, 2.45) is 0 Å². The molecule has 0 radical (unpaired) electrons. The normalized spacial score (nSPS) is 11.8. The summed E-state index contributed by atoms with van der Waals surface area (Å²) in [5.41, 5.74) is 2.41. The lowest BCUT2D eigenvalue weighted by Gasteiger charge is -2.27. The molecule has 2 nitrogen and oxygen atoms in total. The molecule has 0 aliphatic heterocycles. The summed E-state index contributed by atoms with van der Waals surface area (Å²) < 4.78 is 0. The summed E-state index contributed by atoms with van der Waals surface area (Å²) >= 11 is 0. The molecule has 0 aliphatic rings. The van der Waals surface area contributed by atoms with Gasteiger partial charge >= 0.3 is 0 Å². The van der Waals surface area contributed by atoms with Crippen LogP contribution >= 0.6 is 0 Å². The van der Waals surface area contributed by atoms with Crippen molar-refractivity contribution in [3.63, 3.8) is 0 Å². The first-order valence-corrected chi connectivity index (χ1v) is 7.56. The molecule has 0 bridgehead atoms. The van der Waals surface area contributed by atoms with Crippen LogP contribution in [0.3, 0.4) is 0 Å². The van der Waals surface area contributed by atoms with Crippen LogP contribution < -0.4 is 0 Å². The van der Waals surface area contributed by atoms with Crippen LogP contribution in [-0.2, 0) is 4.79 Å². The topological polar surface area (TPSA) is 20.3 Å². The Bertz CT molecular complexity index is 434. The summed E-state index contributed by atoms with van der Waals surface area (Å²) in [6.45, 7) is 9.09. The second-order valence-electron chi connectivity index (χ2n) is 5.62. The van der Waals surface area contributed by atoms with E-state index in [2.05, 4.69) is 45.9 Å². The maximum Gasteiger partial charge on any atom is 0.223 e. The van der Waals surface area contributed by atoms with Gasteiger partial charge in [-0.1, -0.05) is 55.3 Å². The zero-order chi connectivity index (χ0) is 15.0. The number of unbranched alkanes of at least 4 members (excludes halogenated alkanes) is 1. The van der Waals surface area contributed by atoms with E-state index in [1.807, 2.05) is 23.1 Å². The van der Waals surface area contributed by atoms with Gasteiger partial charge in [0.2, 0.25) is 5.91 Å². The minimum atomic E-state index is 0.249. The highest BCUT2D eigenvalue weighted by Crippen LogP contribution is 2.12. The molecular formula is C18H27NO. The third-order valence-electron chi connectivity index (χ3n) is 3.32. The van der Waals surface area contributed by atoms with E-state index in [1.54, 1.807) is 0 Å². The van der Waals surface area contributed by atoms with Gasteiger partial charge in [-0.3, -0.25) is 4.79 Å². The van der Waals surface area contributed by atoms with Crippen LogP contribution in [0.25, 0.3) is 6.08 Å². The number of benzene rings is 1. The predicted octanol–water partition coefficient (Wildman–Crippen LogP) is 4.52. The summed E-state index contributed by atoms with van der Waals surface area (Å²) in [5, 5.41) is 0. The molecule has 0 fully saturated rings. The van der Waals surface area contributed by atoms with E-state index >= 15 is 0 Å². The summed E-state index contributed by atoms with van der Waals surface area (Å²) in [4.78, 5) is 14.2. The van der Waals surface area contributed by atoms with Crippen LogP contribution in [-0.4, -0.2) is 23.4 Å². The lowest BCUT2D eigenvalue weighted by Crippen LogP contribution is -2.38. The molecule has 1 aromatic rings. The number of nitrogens with zero attached hydrogens (tertiary/aromatic N) is 1. The second-order valence-corrected chi connectivity index (χ2v) is 5.62. The Hall–Kier alpha value is -1.57. The van der Waals surface area contributed by atoms with Gasteiger partial charge in [-0.05, 0) is 32.8 Å². The van der Waals surface area contributed by atoms with Gasteiger partial charge in [0.05, 0.1) is 0 Å². The first kappa shape index (κ1) is 16.5. The fraction of sp³-hybridized carbons (Fsp3) is 0.500. The molecule has 20 heavy (non-hydrogen) atoms. The van der Waals surface area contributed by atoms with Crippen LogP contribution in [0.1, 0.15) is 52.5 Å². The Morgan fingerprint density at radius 1 is 1.25 bits per heavy atom. The number of rotatable bonds is 7. The van der Waals surface area contributed by atoms with Crippen molar-refractivity contribution in [2.45, 2.75) is 53.0 Å². The van der Waals surface area contributed by atoms with Crippen molar-refractivity contribution in [3.8, 4) is 0 Å². The van der Waals surface area contributed by atoms with Gasteiger partial charge in [0, 0.05) is 19.0 Å². The molecule has 2 heteroatoms. The molecule has 0 spiro atoms. The molecule has 0 heterocycles. The largest absolute Gasteiger partial charge is 0.336 e. The summed E-state index contributed by atoms with van der Waals surface area (Å²) in [6, 6.07) is 10.5. The van der Waals surface area contributed by atoms with Gasteiger partial charge in [-0.25, -0.2) is 0 Å². The zero-order valence-electron chi connectivity index (χ0n) is 13.2. The molecule has 110 valence electrons. The molecule has 0 aliphatic carbocycles. The van der Waals surface area contributed by atoms with Crippen LogP contribution in [0.2, 0.25) is 0 Å². The SMILES string of the molecule is CCCCC(=O)N(C/C(C)=C/c1ccccc1)C(C)C. The molecule has 1 rings (SSSR count). The minimum Gasteiger partial charge on any atom is -0.336 e. The summed E-state index contributed by atoms with van der Waals surface area (Å²) in [5.74, 6) is 0.266. The molecule has 0 aromatic heterocycles. The summed E-state index contributed by atoms with van der Waals surface area (Å²) in [7, 11) is 0. The third-order valence-corrected chi connectivity index (χ3v) is 3.32. The predicted molar refractivity (Wildman–Crippen MR) is 86.5 cm³/mol. The molecule has 1 aromatic carbocycles. The highest BCUT2D eigenvalue weighted by Gasteiger charge is 2.16. The maximum absolute atomic E-state index is 12.2. The number of hydrogen-bond acceptors (Lipinski definition) is 1. The van der Waals surface area contributed by atoms with E-state index in [9.17, 15) is 4.79 Å². The number of amides is 1. The van der Waals surface area contributed by atoms with Gasteiger partial charge in [0.1, 0.15) is 0 Å². The highest BCUT2D eigenvalue weighted by atomic mass is 16.2. The van der Waals surface area contributed by atoms with E-state index < -0.39 is 0 Å². The zero-order valence-corrected chi connectivity index (χ0v) is 13.2. The molecular weight excluding hydrogens is 246 g/mol. The molecule has 0 saturated carbocycles. The van der Waals surface area contributed by atoms with E-state index in [0.717, 1.165) is 19.4 Å². The molecule has 0 atom stereocenters. The van der Waals surface area contributed by atoms with Crippen molar-refractivity contribution in [3.05, 3.63) is 41.5 Å². The van der Waals surface area contributed by atoms with Gasteiger partial charge in [-0.2, -0.15) is 0 Å². The molecule has 0 saturated heterocycles. The van der Waals surface area contributed by atoms with E-state index in [4.69, 9.17) is 0 Å². The molecule has 0 unspecified atom stereocenters. The number of hydrogen-bond donors (Lipinski definition) is 0. The van der Waals surface area contributed by atoms with Gasteiger partial charge in [-0.15, -0.1) is 0 Å². The second kappa shape index (κ2) is 8.57. The first-order chi connectivity index (χ1) is 9.54. The first-order valence-electron chi connectivity index (χ1n) is 7.56. The lowest BCUT2D eigenvalue weighted by atomic mass is 10.1. The fourth-order valence-electron chi connectivity index (χ4n) is 2.18. The van der Waals surface area contributed by atoms with Gasteiger partial charge in [0.15, 0.2) is 0 Å². The van der Waals surface area contributed by atoms with Crippen LogP contribution in [0.5, 0.6) is 0 Å². The third kappa shape index (κ3) is 5.60. The Morgan fingerprint density at radius 2 is 1.90 bits per heavy atom. The van der Waals surface area contributed by atoms with Gasteiger partial charge in [0.25, 0.3) is 0 Å². The van der Waals surface area contributed by atoms with Crippen LogP contribution in [0.4, 0.5) is 0 Å². The maximum atomic E-state index is 12.2.